The Balaban J connectivity index is 2.45. The van der Waals surface area contributed by atoms with Crippen molar-refractivity contribution in [3.63, 3.8) is 0 Å². The van der Waals surface area contributed by atoms with Crippen LogP contribution in [0.1, 0.15) is 13.2 Å². The van der Waals surface area contributed by atoms with E-state index in [1.165, 1.54) is 12.3 Å². The van der Waals surface area contributed by atoms with Crippen molar-refractivity contribution in [2.45, 2.75) is 31.1 Å². The molecular formula is C11H17N3O6. The zero-order chi connectivity index (χ0) is 14.9. The molecule has 0 amide bonds. The van der Waals surface area contributed by atoms with E-state index in [0.717, 1.165) is 4.57 Å². The highest BCUT2D eigenvalue weighted by Gasteiger charge is 2.57. The summed E-state index contributed by atoms with van der Waals surface area (Å²) in [6.07, 6.45) is -2.66. The van der Waals surface area contributed by atoms with E-state index in [0.29, 0.717) is 0 Å². The lowest BCUT2D eigenvalue weighted by Gasteiger charge is -2.30. The monoisotopic (exact) mass is 287 g/mol. The third-order valence-electron chi connectivity index (χ3n) is 3.09. The number of rotatable bonds is 4. The summed E-state index contributed by atoms with van der Waals surface area (Å²) in [6.45, 7) is 1.14. The van der Waals surface area contributed by atoms with Crippen LogP contribution in [0.5, 0.6) is 0 Å². The topological polar surface area (TPSA) is 140 Å². The van der Waals surface area contributed by atoms with Crippen LogP contribution in [0.2, 0.25) is 0 Å². The van der Waals surface area contributed by atoms with Gasteiger partial charge in [0.25, 0.3) is 0 Å². The molecule has 0 radical (unpaired) electrons. The van der Waals surface area contributed by atoms with Gasteiger partial charge >= 0.3 is 5.69 Å². The van der Waals surface area contributed by atoms with Crippen molar-refractivity contribution in [2.75, 3.05) is 18.9 Å². The Morgan fingerprint density at radius 3 is 2.90 bits per heavy atom. The first kappa shape index (κ1) is 14.9. The number of anilines is 1. The molecule has 1 aromatic rings. The Kier molecular flexibility index (Phi) is 4.06. The van der Waals surface area contributed by atoms with E-state index in [2.05, 4.69) is 4.98 Å². The summed E-state index contributed by atoms with van der Waals surface area (Å²) in [5, 5.41) is 29.6. The molecule has 1 aliphatic heterocycles. The molecule has 0 aliphatic carbocycles. The van der Waals surface area contributed by atoms with Gasteiger partial charge in [0.05, 0.1) is 6.61 Å². The molecule has 1 fully saturated rings. The fourth-order valence-corrected chi connectivity index (χ4v) is 2.15. The van der Waals surface area contributed by atoms with E-state index in [9.17, 15) is 15.0 Å². The lowest BCUT2D eigenvalue weighted by Crippen LogP contribution is -2.50. The van der Waals surface area contributed by atoms with Gasteiger partial charge in [0, 0.05) is 12.8 Å². The minimum Gasteiger partial charge on any atom is -0.394 e. The number of hydrogen-bond donors (Lipinski definition) is 4. The fourth-order valence-electron chi connectivity index (χ4n) is 2.15. The van der Waals surface area contributed by atoms with Gasteiger partial charge in [-0.3, -0.25) is 4.57 Å². The summed E-state index contributed by atoms with van der Waals surface area (Å²) in [5.41, 5.74) is 4.62. The highest BCUT2D eigenvalue weighted by Crippen LogP contribution is 2.38. The van der Waals surface area contributed by atoms with Gasteiger partial charge in [-0.2, -0.15) is 4.98 Å². The second kappa shape index (κ2) is 5.46. The van der Waals surface area contributed by atoms with Crippen molar-refractivity contribution >= 4 is 5.82 Å². The van der Waals surface area contributed by atoms with Crippen LogP contribution in [0.25, 0.3) is 0 Å². The zero-order valence-electron chi connectivity index (χ0n) is 10.8. The van der Waals surface area contributed by atoms with Gasteiger partial charge in [0.1, 0.15) is 18.0 Å². The molecule has 9 nitrogen and oxygen atoms in total. The summed E-state index contributed by atoms with van der Waals surface area (Å²) in [7, 11) is 0. The number of aromatic nitrogens is 2. The molecule has 112 valence electrons. The van der Waals surface area contributed by atoms with Gasteiger partial charge in [0.2, 0.25) is 5.79 Å². The molecule has 20 heavy (non-hydrogen) atoms. The number of aliphatic hydroxyl groups excluding tert-OH is 2. The molecule has 2 rings (SSSR count). The van der Waals surface area contributed by atoms with Gasteiger partial charge < -0.3 is 30.5 Å². The second-order valence-corrected chi connectivity index (χ2v) is 4.38. The van der Waals surface area contributed by atoms with Crippen LogP contribution in [0.3, 0.4) is 0 Å². The van der Waals surface area contributed by atoms with Crippen LogP contribution in [-0.2, 0) is 9.47 Å². The first-order chi connectivity index (χ1) is 9.43. The Labute approximate surface area is 114 Å². The van der Waals surface area contributed by atoms with Crippen molar-refractivity contribution in [3.8, 4) is 0 Å². The van der Waals surface area contributed by atoms with Crippen molar-refractivity contribution in [1.82, 2.24) is 9.55 Å². The third-order valence-corrected chi connectivity index (χ3v) is 3.09. The molecule has 1 saturated heterocycles. The number of nitrogens with zero attached hydrogens (tertiary/aromatic N) is 2. The van der Waals surface area contributed by atoms with Gasteiger partial charge in [-0.15, -0.1) is 0 Å². The maximum absolute atomic E-state index is 11.8. The predicted molar refractivity (Wildman–Crippen MR) is 66.5 cm³/mol. The van der Waals surface area contributed by atoms with E-state index >= 15 is 0 Å². The molecule has 0 bridgehead atoms. The van der Waals surface area contributed by atoms with Crippen LogP contribution in [-0.4, -0.2) is 56.1 Å². The van der Waals surface area contributed by atoms with E-state index in [1.807, 2.05) is 0 Å². The van der Waals surface area contributed by atoms with Gasteiger partial charge in [-0.1, -0.05) is 0 Å². The van der Waals surface area contributed by atoms with Gasteiger partial charge in [-0.25, -0.2) is 4.79 Å². The van der Waals surface area contributed by atoms with E-state index < -0.39 is 36.5 Å². The Hall–Kier alpha value is -1.52. The molecular weight excluding hydrogens is 270 g/mol. The lowest BCUT2D eigenvalue weighted by atomic mass is 10.1. The van der Waals surface area contributed by atoms with Crippen LogP contribution >= 0.6 is 0 Å². The largest absolute Gasteiger partial charge is 0.394 e. The first-order valence-electron chi connectivity index (χ1n) is 6.09. The average Bonchev–Trinajstić information content (AvgIpc) is 2.63. The smallest absolute Gasteiger partial charge is 0.351 e. The molecule has 9 heteroatoms. The Morgan fingerprint density at radius 1 is 1.65 bits per heavy atom. The number of nitrogens with two attached hydrogens (primary N) is 1. The van der Waals surface area contributed by atoms with Crippen molar-refractivity contribution < 1.29 is 24.8 Å². The Bertz CT molecular complexity index is 535. The standard InChI is InChI=1S/C11H17N3O6/c1-2-19-11(18)8(16)6(5-15)20-9(11)14-4-3-7(12)13-10(14)17/h3-4,6,8-9,15-16,18H,2,5H2,1H3,(H2,12,13,17)/t6?,8?,9?,11-/m0/s1. The summed E-state index contributed by atoms with van der Waals surface area (Å²) in [4.78, 5) is 15.3. The van der Waals surface area contributed by atoms with Crippen molar-refractivity contribution in [1.29, 1.82) is 0 Å². The molecule has 2 heterocycles. The summed E-state index contributed by atoms with van der Waals surface area (Å²) in [5.74, 6) is -2.15. The summed E-state index contributed by atoms with van der Waals surface area (Å²) >= 11 is 0. The normalized spacial score (nSPS) is 33.5. The minimum absolute atomic E-state index is 0.0171. The van der Waals surface area contributed by atoms with Crippen LogP contribution in [0, 0.1) is 0 Å². The number of aliphatic hydroxyl groups is 3. The maximum atomic E-state index is 11.8. The van der Waals surface area contributed by atoms with Crippen molar-refractivity contribution in [2.24, 2.45) is 0 Å². The molecule has 5 N–H and O–H groups in total. The maximum Gasteiger partial charge on any atom is 0.351 e. The average molecular weight is 287 g/mol. The van der Waals surface area contributed by atoms with E-state index in [1.54, 1.807) is 6.92 Å². The van der Waals surface area contributed by atoms with Crippen LogP contribution in [0.4, 0.5) is 5.82 Å². The third kappa shape index (κ3) is 2.30. The molecule has 1 aliphatic rings. The quantitative estimate of drug-likeness (QED) is 0.457. The Morgan fingerprint density at radius 2 is 2.35 bits per heavy atom. The lowest BCUT2D eigenvalue weighted by molar-refractivity contribution is -0.276. The predicted octanol–water partition coefficient (Wildman–Crippen LogP) is -2.20. The number of nitrogen functional groups attached to an aromatic ring is 1. The van der Waals surface area contributed by atoms with Crippen LogP contribution < -0.4 is 11.4 Å². The highest BCUT2D eigenvalue weighted by molar-refractivity contribution is 5.23. The molecule has 0 spiro atoms. The second-order valence-electron chi connectivity index (χ2n) is 4.38. The van der Waals surface area contributed by atoms with E-state index in [-0.39, 0.29) is 12.4 Å². The number of ether oxygens (including phenoxy) is 2. The van der Waals surface area contributed by atoms with E-state index in [4.69, 9.17) is 20.3 Å². The number of hydrogen-bond acceptors (Lipinski definition) is 8. The van der Waals surface area contributed by atoms with Gasteiger partial charge in [0.15, 0.2) is 6.23 Å². The first-order valence-corrected chi connectivity index (χ1v) is 6.09. The van der Waals surface area contributed by atoms with Gasteiger partial charge in [-0.05, 0) is 13.0 Å². The molecule has 0 aromatic carbocycles. The molecule has 4 atom stereocenters. The summed E-state index contributed by atoms with van der Waals surface area (Å²) < 4.78 is 11.4. The zero-order valence-corrected chi connectivity index (χ0v) is 10.8. The van der Waals surface area contributed by atoms with Crippen LogP contribution in [0.15, 0.2) is 17.1 Å². The SMILES string of the molecule is CCO[C@@]1(O)C(O)C(CO)OC1n1ccc(N)nc1=O. The van der Waals surface area contributed by atoms with Crippen molar-refractivity contribution in [3.05, 3.63) is 22.7 Å². The fraction of sp³-hybridized carbons (Fsp3) is 0.636. The molecule has 0 saturated carbocycles. The highest BCUT2D eigenvalue weighted by atomic mass is 16.7. The minimum atomic E-state index is -2.16. The molecule has 1 aromatic heterocycles. The molecule has 3 unspecified atom stereocenters. The summed E-state index contributed by atoms with van der Waals surface area (Å²) in [6, 6.07) is 1.34.